The lowest BCUT2D eigenvalue weighted by Crippen LogP contribution is -2.16. The number of furan rings is 1. The first-order chi connectivity index (χ1) is 34.5. The number of nitrogens with zero attached hydrogens (tertiary/aromatic N) is 2. The van der Waals surface area contributed by atoms with E-state index >= 15 is 0 Å². The Morgan fingerprint density at radius 1 is 0.296 bits per heavy atom. The highest BCUT2D eigenvalue weighted by atomic mass is 16.3. The number of benzene rings is 11. The van der Waals surface area contributed by atoms with Crippen LogP contribution in [0, 0.1) is 13.8 Å². The zero-order chi connectivity index (χ0) is 47.9. The Kier molecular flexibility index (Phi) is 8.81. The first kappa shape index (κ1) is 41.6. The molecule has 71 heavy (non-hydrogen) atoms. The van der Waals surface area contributed by atoms with Crippen molar-refractivity contribution in [2.45, 2.75) is 52.4 Å². The second-order valence-corrected chi connectivity index (χ2v) is 21.2. The molecule has 0 aliphatic heterocycles. The van der Waals surface area contributed by atoms with Crippen molar-refractivity contribution in [1.82, 2.24) is 0 Å². The summed E-state index contributed by atoms with van der Waals surface area (Å²) >= 11 is 0. The maximum Gasteiger partial charge on any atom is 0.137 e. The molecule has 340 valence electrons. The lowest BCUT2D eigenvalue weighted by Gasteiger charge is -2.28. The molecular formula is C68H52N2O. The highest BCUT2D eigenvalue weighted by Crippen LogP contribution is 2.54. The third kappa shape index (κ3) is 6.35. The zero-order valence-corrected chi connectivity index (χ0v) is 40.9. The standard InChI is InChI=1S/C68H52N2O/c1-41-15-20-49(21-16-41)69(52-25-28-55-58-32-43-11-7-9-13-45(43)35-61(58)67(3,4)63(55)38-52)51-24-19-47-34-60-57-30-27-54(40-66(57)71-65(60)37-48(47)31-51)70(50-22-17-42(2)18-23-50)53-26-29-56-59-33-44-12-8-10-14-46(44)36-62(59)68(5,6)64(56)39-53/h7-40H,1-6H3. The molecule has 0 spiro atoms. The van der Waals surface area contributed by atoms with E-state index in [2.05, 4.69) is 258 Å². The summed E-state index contributed by atoms with van der Waals surface area (Å²) in [5, 5.41) is 9.64. The van der Waals surface area contributed by atoms with Crippen molar-refractivity contribution in [2.24, 2.45) is 0 Å². The van der Waals surface area contributed by atoms with Crippen molar-refractivity contribution >= 4 is 88.4 Å². The molecule has 3 heteroatoms. The Hall–Kier alpha value is -8.40. The minimum atomic E-state index is -0.161. The van der Waals surface area contributed by atoms with Crippen LogP contribution in [0.2, 0.25) is 0 Å². The van der Waals surface area contributed by atoms with Crippen LogP contribution in [0.3, 0.4) is 0 Å². The summed E-state index contributed by atoms with van der Waals surface area (Å²) in [6.45, 7) is 13.8. The number of anilines is 6. The Balaban J connectivity index is 0.862. The zero-order valence-electron chi connectivity index (χ0n) is 40.9. The minimum Gasteiger partial charge on any atom is -0.456 e. The highest BCUT2D eigenvalue weighted by molar-refractivity contribution is 6.11. The van der Waals surface area contributed by atoms with Crippen LogP contribution in [0.15, 0.2) is 211 Å². The van der Waals surface area contributed by atoms with E-state index < -0.39 is 0 Å². The normalized spacial score (nSPS) is 14.0. The van der Waals surface area contributed by atoms with Gasteiger partial charge in [0.1, 0.15) is 11.2 Å². The van der Waals surface area contributed by atoms with Crippen LogP contribution in [-0.2, 0) is 10.8 Å². The second kappa shape index (κ2) is 15.1. The van der Waals surface area contributed by atoms with Crippen molar-refractivity contribution in [3.05, 3.63) is 240 Å². The van der Waals surface area contributed by atoms with Crippen LogP contribution >= 0.6 is 0 Å². The number of fused-ring (bicyclic) bond motifs is 12. The van der Waals surface area contributed by atoms with Gasteiger partial charge >= 0.3 is 0 Å². The van der Waals surface area contributed by atoms with E-state index in [-0.39, 0.29) is 10.8 Å². The fraction of sp³-hybridized carbons (Fsp3) is 0.118. The third-order valence-corrected chi connectivity index (χ3v) is 16.1. The molecule has 2 aliphatic rings. The second-order valence-electron chi connectivity index (χ2n) is 21.2. The summed E-state index contributed by atoms with van der Waals surface area (Å²) in [6.07, 6.45) is 0. The molecule has 11 aromatic carbocycles. The van der Waals surface area contributed by atoms with E-state index in [9.17, 15) is 0 Å². The van der Waals surface area contributed by atoms with Crippen molar-refractivity contribution in [3.8, 4) is 22.3 Å². The monoisotopic (exact) mass is 912 g/mol. The SMILES string of the molecule is Cc1ccc(N(c2ccc3c(c2)C(C)(C)c2cc4ccccc4cc2-3)c2ccc3cc4c(cc3c2)oc2cc(N(c3ccc(C)cc3)c3ccc5c(c3)C(C)(C)c3cc6ccccc6cc3-5)ccc24)cc1. The van der Waals surface area contributed by atoms with Gasteiger partial charge in [-0.25, -0.2) is 0 Å². The number of rotatable bonds is 6. The first-order valence-corrected chi connectivity index (χ1v) is 25.0. The van der Waals surface area contributed by atoms with Crippen LogP contribution in [-0.4, -0.2) is 0 Å². The summed E-state index contributed by atoms with van der Waals surface area (Å²) < 4.78 is 6.90. The first-order valence-electron chi connectivity index (χ1n) is 25.0. The van der Waals surface area contributed by atoms with Gasteiger partial charge in [0.25, 0.3) is 0 Å². The molecule has 0 atom stereocenters. The van der Waals surface area contributed by atoms with E-state index in [0.29, 0.717) is 0 Å². The topological polar surface area (TPSA) is 19.6 Å². The van der Waals surface area contributed by atoms with Gasteiger partial charge in [0, 0.05) is 61.8 Å². The minimum absolute atomic E-state index is 0.155. The van der Waals surface area contributed by atoms with Gasteiger partial charge in [0.2, 0.25) is 0 Å². The van der Waals surface area contributed by atoms with Crippen molar-refractivity contribution in [3.63, 3.8) is 0 Å². The Bertz CT molecular complexity index is 3990. The molecule has 1 aromatic heterocycles. The molecule has 0 amide bonds. The molecule has 14 rings (SSSR count). The van der Waals surface area contributed by atoms with E-state index in [1.807, 2.05) is 0 Å². The molecule has 0 saturated carbocycles. The van der Waals surface area contributed by atoms with Gasteiger partial charge in [-0.05, 0) is 200 Å². The molecule has 0 saturated heterocycles. The van der Waals surface area contributed by atoms with E-state index in [1.165, 1.54) is 82.6 Å². The molecule has 0 unspecified atom stereocenters. The highest BCUT2D eigenvalue weighted by Gasteiger charge is 2.38. The summed E-state index contributed by atoms with van der Waals surface area (Å²) in [6, 6.07) is 77.0. The van der Waals surface area contributed by atoms with E-state index in [0.717, 1.165) is 61.4 Å². The maximum atomic E-state index is 6.90. The van der Waals surface area contributed by atoms with E-state index in [1.54, 1.807) is 0 Å². The Labute approximate surface area is 414 Å². The molecule has 0 radical (unpaired) electrons. The number of hydrogen-bond acceptors (Lipinski definition) is 3. The van der Waals surface area contributed by atoms with Gasteiger partial charge in [0.15, 0.2) is 0 Å². The van der Waals surface area contributed by atoms with Crippen LogP contribution in [0.4, 0.5) is 34.1 Å². The molecule has 2 aliphatic carbocycles. The lowest BCUT2D eigenvalue weighted by molar-refractivity contribution is 0.661. The van der Waals surface area contributed by atoms with Crippen molar-refractivity contribution in [2.75, 3.05) is 9.80 Å². The molecular weight excluding hydrogens is 861 g/mol. The van der Waals surface area contributed by atoms with Gasteiger partial charge in [-0.2, -0.15) is 0 Å². The summed E-state index contributed by atoms with van der Waals surface area (Å²) in [5.74, 6) is 0. The van der Waals surface area contributed by atoms with E-state index in [4.69, 9.17) is 4.42 Å². The van der Waals surface area contributed by atoms with Gasteiger partial charge < -0.3 is 14.2 Å². The molecule has 3 nitrogen and oxygen atoms in total. The maximum absolute atomic E-state index is 6.90. The Morgan fingerprint density at radius 3 is 1.21 bits per heavy atom. The van der Waals surface area contributed by atoms with Gasteiger partial charge in [-0.3, -0.25) is 0 Å². The molecule has 0 N–H and O–H groups in total. The molecule has 1 heterocycles. The van der Waals surface area contributed by atoms with Gasteiger partial charge in [-0.1, -0.05) is 130 Å². The summed E-state index contributed by atoms with van der Waals surface area (Å²) in [4.78, 5) is 4.79. The summed E-state index contributed by atoms with van der Waals surface area (Å²) in [7, 11) is 0. The predicted octanol–water partition coefficient (Wildman–Crippen LogP) is 19.2. The molecule has 0 fully saturated rings. The Morgan fingerprint density at radius 2 is 0.690 bits per heavy atom. The fourth-order valence-corrected chi connectivity index (χ4v) is 12.2. The van der Waals surface area contributed by atoms with Gasteiger partial charge in [-0.15, -0.1) is 0 Å². The smallest absolute Gasteiger partial charge is 0.137 e. The van der Waals surface area contributed by atoms with Crippen LogP contribution in [0.1, 0.15) is 61.1 Å². The average molecular weight is 913 g/mol. The molecule has 0 bridgehead atoms. The lowest BCUT2D eigenvalue weighted by atomic mass is 9.81. The average Bonchev–Trinajstić information content (AvgIpc) is 3.93. The van der Waals surface area contributed by atoms with Crippen molar-refractivity contribution < 1.29 is 4.42 Å². The van der Waals surface area contributed by atoms with Crippen LogP contribution in [0.25, 0.3) is 76.5 Å². The third-order valence-electron chi connectivity index (χ3n) is 16.1. The van der Waals surface area contributed by atoms with Gasteiger partial charge in [0.05, 0.1) is 0 Å². The largest absolute Gasteiger partial charge is 0.456 e. The van der Waals surface area contributed by atoms with Crippen LogP contribution in [0.5, 0.6) is 0 Å². The predicted molar refractivity (Wildman–Crippen MR) is 300 cm³/mol. The number of aryl methyl sites for hydroxylation is 2. The number of hydrogen-bond donors (Lipinski definition) is 0. The van der Waals surface area contributed by atoms with Crippen molar-refractivity contribution in [1.29, 1.82) is 0 Å². The fourth-order valence-electron chi connectivity index (χ4n) is 12.2. The summed E-state index contributed by atoms with van der Waals surface area (Å²) in [5.41, 5.74) is 21.3. The van der Waals surface area contributed by atoms with Crippen LogP contribution < -0.4 is 9.80 Å². The molecule has 12 aromatic rings. The quantitative estimate of drug-likeness (QED) is 0.166.